The highest BCUT2D eigenvalue weighted by Gasteiger charge is 1.91. The molecular weight excluding hydrogens is 166 g/mol. The van der Waals surface area contributed by atoms with Crippen LogP contribution in [-0.2, 0) is 15.6 Å². The maximum atomic E-state index is 10.7. The zero-order valence-corrected chi connectivity index (χ0v) is 7.06. The highest BCUT2D eigenvalue weighted by Crippen LogP contribution is 1.77. The number of aliphatic hydroxyl groups excluding tert-OH is 1. The molecule has 4 nitrogen and oxygen atoms in total. The molecule has 0 heterocycles. The van der Waals surface area contributed by atoms with Crippen LogP contribution in [0.25, 0.3) is 0 Å². The van der Waals surface area contributed by atoms with Crippen molar-refractivity contribution in [2.75, 3.05) is 19.4 Å². The highest BCUT2D eigenvalue weighted by atomic mass is 32.2. The molecule has 0 aliphatic rings. The van der Waals surface area contributed by atoms with Crippen LogP contribution < -0.4 is 5.32 Å². The predicted molar refractivity (Wildman–Crippen MR) is 43.3 cm³/mol. The molecule has 0 fully saturated rings. The minimum atomic E-state index is -1.10. The van der Waals surface area contributed by atoms with Gasteiger partial charge in [0, 0.05) is 35.1 Å². The zero-order valence-electron chi connectivity index (χ0n) is 6.24. The SMILES string of the molecule is C[S@](=O)/C=C/C(=O)NCCO. The number of carbonyl (C=O) groups excluding carboxylic acids is 1. The molecule has 0 aliphatic carbocycles. The van der Waals surface area contributed by atoms with Crippen molar-refractivity contribution >= 4 is 16.7 Å². The standard InChI is InChI=1S/C6H11NO3S/c1-11(10)5-2-6(9)7-3-4-8/h2,5,8H,3-4H2,1H3,(H,7,9)/b5-2+/t11-/m0/s1. The molecule has 0 radical (unpaired) electrons. The normalized spacial score (nSPS) is 13.3. The average molecular weight is 177 g/mol. The van der Waals surface area contributed by atoms with Crippen LogP contribution in [0, 0.1) is 0 Å². The Bertz CT molecular complexity index is 179. The van der Waals surface area contributed by atoms with Crippen LogP contribution in [0.1, 0.15) is 0 Å². The monoisotopic (exact) mass is 177 g/mol. The molecule has 0 unspecified atom stereocenters. The van der Waals surface area contributed by atoms with Crippen LogP contribution >= 0.6 is 0 Å². The Morgan fingerprint density at radius 2 is 2.36 bits per heavy atom. The first-order chi connectivity index (χ1) is 5.16. The minimum Gasteiger partial charge on any atom is -0.395 e. The van der Waals surface area contributed by atoms with E-state index in [1.807, 2.05) is 0 Å². The summed E-state index contributed by atoms with van der Waals surface area (Å²) in [5.41, 5.74) is 0. The summed E-state index contributed by atoms with van der Waals surface area (Å²) < 4.78 is 10.4. The summed E-state index contributed by atoms with van der Waals surface area (Å²) in [5.74, 6) is -0.339. The van der Waals surface area contributed by atoms with Gasteiger partial charge < -0.3 is 10.4 Å². The Morgan fingerprint density at radius 1 is 1.73 bits per heavy atom. The van der Waals surface area contributed by atoms with Crippen molar-refractivity contribution in [2.45, 2.75) is 0 Å². The first-order valence-electron chi connectivity index (χ1n) is 3.06. The van der Waals surface area contributed by atoms with Crippen molar-refractivity contribution in [1.29, 1.82) is 0 Å². The van der Waals surface area contributed by atoms with E-state index >= 15 is 0 Å². The molecule has 11 heavy (non-hydrogen) atoms. The van der Waals surface area contributed by atoms with E-state index in [9.17, 15) is 9.00 Å². The van der Waals surface area contributed by atoms with Crippen molar-refractivity contribution in [3.8, 4) is 0 Å². The van der Waals surface area contributed by atoms with E-state index in [4.69, 9.17) is 5.11 Å². The fourth-order valence-corrected chi connectivity index (χ4v) is 0.711. The van der Waals surface area contributed by atoms with Gasteiger partial charge in [-0.25, -0.2) is 0 Å². The van der Waals surface area contributed by atoms with Crippen molar-refractivity contribution in [3.63, 3.8) is 0 Å². The lowest BCUT2D eigenvalue weighted by molar-refractivity contribution is -0.116. The van der Waals surface area contributed by atoms with Crippen LogP contribution in [0.15, 0.2) is 11.5 Å². The van der Waals surface area contributed by atoms with Crippen LogP contribution in [0.4, 0.5) is 0 Å². The summed E-state index contributed by atoms with van der Waals surface area (Å²) in [6, 6.07) is 0. The molecule has 0 saturated carbocycles. The van der Waals surface area contributed by atoms with Gasteiger partial charge in [0.05, 0.1) is 6.61 Å². The second kappa shape index (κ2) is 6.06. The number of hydrogen-bond donors (Lipinski definition) is 2. The molecule has 1 atom stereocenters. The van der Waals surface area contributed by atoms with Crippen molar-refractivity contribution in [3.05, 3.63) is 11.5 Å². The Kier molecular flexibility index (Phi) is 5.68. The van der Waals surface area contributed by atoms with Crippen LogP contribution in [0.2, 0.25) is 0 Å². The third kappa shape index (κ3) is 7.21. The van der Waals surface area contributed by atoms with Crippen molar-refractivity contribution in [2.24, 2.45) is 0 Å². The number of nitrogens with one attached hydrogen (secondary N) is 1. The quantitative estimate of drug-likeness (QED) is 0.541. The third-order valence-corrected chi connectivity index (χ3v) is 1.34. The molecular formula is C6H11NO3S. The van der Waals surface area contributed by atoms with E-state index in [0.717, 1.165) is 0 Å². The first-order valence-corrected chi connectivity index (χ1v) is 4.68. The van der Waals surface area contributed by atoms with Gasteiger partial charge in [0.2, 0.25) is 5.91 Å². The Labute approximate surface area is 67.8 Å². The topological polar surface area (TPSA) is 66.4 Å². The van der Waals surface area contributed by atoms with E-state index in [1.165, 1.54) is 17.7 Å². The van der Waals surface area contributed by atoms with E-state index in [0.29, 0.717) is 0 Å². The molecule has 0 spiro atoms. The third-order valence-electron chi connectivity index (χ3n) is 0.822. The number of carbonyl (C=O) groups is 1. The molecule has 0 aliphatic heterocycles. The number of rotatable bonds is 4. The van der Waals surface area contributed by atoms with Gasteiger partial charge in [-0.3, -0.25) is 9.00 Å². The zero-order chi connectivity index (χ0) is 8.69. The largest absolute Gasteiger partial charge is 0.395 e. The molecule has 2 N–H and O–H groups in total. The maximum Gasteiger partial charge on any atom is 0.244 e. The lowest BCUT2D eigenvalue weighted by Crippen LogP contribution is -2.24. The molecule has 0 aromatic carbocycles. The molecule has 0 aromatic heterocycles. The van der Waals surface area contributed by atoms with E-state index < -0.39 is 10.8 Å². The second-order valence-corrected chi connectivity index (χ2v) is 3.09. The second-order valence-electron chi connectivity index (χ2n) is 1.82. The van der Waals surface area contributed by atoms with Crippen molar-refractivity contribution in [1.82, 2.24) is 5.32 Å². The van der Waals surface area contributed by atoms with Gasteiger partial charge in [0.1, 0.15) is 0 Å². The van der Waals surface area contributed by atoms with E-state index in [-0.39, 0.29) is 19.1 Å². The number of aliphatic hydroxyl groups is 1. The molecule has 0 saturated heterocycles. The lowest BCUT2D eigenvalue weighted by Gasteiger charge is -1.95. The van der Waals surface area contributed by atoms with Gasteiger partial charge in [-0.2, -0.15) is 0 Å². The Balaban J connectivity index is 3.60. The summed E-state index contributed by atoms with van der Waals surface area (Å²) in [5, 5.41) is 12.0. The van der Waals surface area contributed by atoms with Gasteiger partial charge in [0.25, 0.3) is 0 Å². The fourth-order valence-electron chi connectivity index (χ4n) is 0.396. The van der Waals surface area contributed by atoms with Crippen molar-refractivity contribution < 1.29 is 14.1 Å². The van der Waals surface area contributed by atoms with Crippen LogP contribution in [0.3, 0.4) is 0 Å². The Morgan fingerprint density at radius 3 is 2.82 bits per heavy atom. The minimum absolute atomic E-state index is 0.0885. The Hall–Kier alpha value is -0.680. The van der Waals surface area contributed by atoms with E-state index in [2.05, 4.69) is 5.32 Å². The molecule has 64 valence electrons. The molecule has 1 amide bonds. The lowest BCUT2D eigenvalue weighted by atomic mass is 10.5. The summed E-state index contributed by atoms with van der Waals surface area (Å²) in [6.45, 7) is 0.133. The van der Waals surface area contributed by atoms with Gasteiger partial charge >= 0.3 is 0 Å². The highest BCUT2D eigenvalue weighted by molar-refractivity contribution is 7.87. The molecule has 5 heteroatoms. The summed E-state index contributed by atoms with van der Waals surface area (Å²) in [7, 11) is -1.10. The molecule has 0 aromatic rings. The van der Waals surface area contributed by atoms with Gasteiger partial charge in [-0.15, -0.1) is 0 Å². The number of amides is 1. The van der Waals surface area contributed by atoms with Gasteiger partial charge in [0.15, 0.2) is 0 Å². The average Bonchev–Trinajstić information content (AvgIpc) is 1.97. The van der Waals surface area contributed by atoms with Crippen LogP contribution in [-0.4, -0.2) is 34.6 Å². The van der Waals surface area contributed by atoms with Crippen LogP contribution in [0.5, 0.6) is 0 Å². The van der Waals surface area contributed by atoms with E-state index in [1.54, 1.807) is 0 Å². The summed E-state index contributed by atoms with van der Waals surface area (Å²) >= 11 is 0. The maximum absolute atomic E-state index is 10.7. The summed E-state index contributed by atoms with van der Waals surface area (Å²) in [4.78, 5) is 10.7. The summed E-state index contributed by atoms with van der Waals surface area (Å²) in [6.07, 6.45) is 2.65. The first kappa shape index (κ1) is 10.3. The fraction of sp³-hybridized carbons (Fsp3) is 0.500. The predicted octanol–water partition coefficient (Wildman–Crippen LogP) is -1.01. The number of hydrogen-bond acceptors (Lipinski definition) is 3. The molecule has 0 bridgehead atoms. The smallest absolute Gasteiger partial charge is 0.244 e. The van der Waals surface area contributed by atoms with Gasteiger partial charge in [-0.05, 0) is 0 Å². The molecule has 0 rings (SSSR count). The van der Waals surface area contributed by atoms with Gasteiger partial charge in [-0.1, -0.05) is 0 Å².